The van der Waals surface area contributed by atoms with Crippen LogP contribution in [-0.4, -0.2) is 24.8 Å². The zero-order chi connectivity index (χ0) is 26.9. The highest BCUT2D eigenvalue weighted by atomic mass is 19.4. The van der Waals surface area contributed by atoms with Crippen molar-refractivity contribution in [2.45, 2.75) is 51.6 Å². The van der Waals surface area contributed by atoms with Crippen LogP contribution in [0.2, 0.25) is 0 Å². The molecule has 5 rings (SSSR count). The summed E-state index contributed by atoms with van der Waals surface area (Å²) < 4.78 is 52.5. The first-order chi connectivity index (χ1) is 18.2. The maximum atomic E-state index is 13.1. The van der Waals surface area contributed by atoms with E-state index in [1.165, 1.54) is 29.2 Å². The average molecular weight is 526 g/mol. The minimum atomic E-state index is -4.78. The van der Waals surface area contributed by atoms with Gasteiger partial charge in [0.15, 0.2) is 0 Å². The number of carbonyl (C=O) groups excluding carboxylic acids is 2. The van der Waals surface area contributed by atoms with Gasteiger partial charge in [-0.15, -0.1) is 13.2 Å². The predicted octanol–water partition coefficient (Wildman–Crippen LogP) is 6.31. The van der Waals surface area contributed by atoms with Crippen LogP contribution < -0.4 is 14.4 Å². The summed E-state index contributed by atoms with van der Waals surface area (Å²) in [5.41, 5.74) is 5.01. The Morgan fingerprint density at radius 3 is 2.55 bits per heavy atom. The summed E-state index contributed by atoms with van der Waals surface area (Å²) >= 11 is 0. The second-order valence-corrected chi connectivity index (χ2v) is 9.27. The van der Waals surface area contributed by atoms with E-state index < -0.39 is 6.36 Å². The highest BCUT2D eigenvalue weighted by molar-refractivity contribution is 6.10. The number of halogens is 3. The van der Waals surface area contributed by atoms with E-state index in [1.54, 1.807) is 19.1 Å². The molecule has 3 aromatic rings. The molecule has 0 saturated carbocycles. The lowest BCUT2D eigenvalue weighted by molar-refractivity contribution is -0.274. The second kappa shape index (κ2) is 10.4. The third kappa shape index (κ3) is 5.46. The highest BCUT2D eigenvalue weighted by Gasteiger charge is 2.33. The Labute approximate surface area is 217 Å². The molecule has 1 atom stereocenters. The Morgan fingerprint density at radius 1 is 1.05 bits per heavy atom. The molecule has 0 aromatic heterocycles. The maximum Gasteiger partial charge on any atom is 0.573 e. The molecule has 0 N–H and O–H groups in total. The van der Waals surface area contributed by atoms with E-state index in [0.29, 0.717) is 30.0 Å². The molecule has 0 fully saturated rings. The molecule has 9 heteroatoms. The quantitative estimate of drug-likeness (QED) is 0.323. The van der Waals surface area contributed by atoms with E-state index in [4.69, 9.17) is 9.47 Å². The Balaban J connectivity index is 1.26. The van der Waals surface area contributed by atoms with E-state index in [9.17, 15) is 22.8 Å². The Kier molecular flexibility index (Phi) is 7.01. The summed E-state index contributed by atoms with van der Waals surface area (Å²) in [5.74, 6) is 0.108. The van der Waals surface area contributed by atoms with Crippen LogP contribution in [0.25, 0.3) is 0 Å². The van der Waals surface area contributed by atoms with Crippen LogP contribution in [0.3, 0.4) is 0 Å². The van der Waals surface area contributed by atoms with E-state index in [1.807, 2.05) is 24.3 Å². The number of nitrogens with zero attached hydrogens (tertiary/aromatic N) is 1. The number of carbonyl (C=O) groups is 2. The monoisotopic (exact) mass is 525 g/mol. The highest BCUT2D eigenvalue weighted by Crippen LogP contribution is 2.38. The zero-order valence-electron chi connectivity index (χ0n) is 20.7. The number of rotatable bonds is 8. The van der Waals surface area contributed by atoms with Crippen LogP contribution in [0, 0.1) is 0 Å². The van der Waals surface area contributed by atoms with Gasteiger partial charge in [0.05, 0.1) is 19.6 Å². The van der Waals surface area contributed by atoms with Crippen molar-refractivity contribution in [2.75, 3.05) is 11.5 Å². The van der Waals surface area contributed by atoms with Crippen molar-refractivity contribution in [3.8, 4) is 11.5 Å². The van der Waals surface area contributed by atoms with Gasteiger partial charge in [-0.3, -0.25) is 9.59 Å². The minimum Gasteiger partial charge on any atom is -0.489 e. The normalized spacial score (nSPS) is 16.3. The lowest BCUT2D eigenvalue weighted by atomic mass is 9.98. The second-order valence-electron chi connectivity index (χ2n) is 9.27. The van der Waals surface area contributed by atoms with Gasteiger partial charge in [-0.05, 0) is 90.4 Å². The van der Waals surface area contributed by atoms with Gasteiger partial charge < -0.3 is 19.1 Å². The number of anilines is 1. The lowest BCUT2D eigenvalue weighted by Gasteiger charge is -2.17. The molecule has 38 heavy (non-hydrogen) atoms. The number of esters is 1. The molecule has 0 radical (unpaired) electrons. The summed E-state index contributed by atoms with van der Waals surface area (Å²) in [6, 6.07) is 16.6. The molecule has 1 heterocycles. The first-order valence-corrected chi connectivity index (χ1v) is 12.4. The van der Waals surface area contributed by atoms with Gasteiger partial charge in [-0.1, -0.05) is 18.2 Å². The molecular weight excluding hydrogens is 499 g/mol. The first kappa shape index (κ1) is 25.6. The van der Waals surface area contributed by atoms with Crippen molar-refractivity contribution in [1.29, 1.82) is 0 Å². The van der Waals surface area contributed by atoms with Gasteiger partial charge in [0, 0.05) is 11.3 Å². The maximum absolute atomic E-state index is 13.1. The number of ether oxygens (including phenoxy) is 3. The Hall–Kier alpha value is -4.01. The lowest BCUT2D eigenvalue weighted by Crippen LogP contribution is -2.23. The molecule has 198 valence electrons. The van der Waals surface area contributed by atoms with E-state index >= 15 is 0 Å². The molecule has 6 nitrogen and oxygen atoms in total. The van der Waals surface area contributed by atoms with Crippen molar-refractivity contribution < 1.29 is 37.0 Å². The number of benzene rings is 3. The Bertz CT molecular complexity index is 1350. The molecule has 1 unspecified atom stereocenters. The van der Waals surface area contributed by atoms with E-state index in [0.717, 1.165) is 35.1 Å². The van der Waals surface area contributed by atoms with Crippen LogP contribution in [0.4, 0.5) is 18.9 Å². The summed E-state index contributed by atoms with van der Waals surface area (Å²) in [6.45, 7) is 2.72. The number of fused-ring (bicyclic) bond motifs is 2. The number of aryl methyl sites for hydroxylation is 1. The molecule has 1 amide bonds. The smallest absolute Gasteiger partial charge is 0.489 e. The minimum absolute atomic E-state index is 0.154. The SMILES string of the molecule is CCOC(=O)CC1CCc2cc(OCc3cccc4c3CN(c3ccc(OC(F)(F)F)cc3)C4=O)ccc21. The van der Waals surface area contributed by atoms with Crippen LogP contribution >= 0.6 is 0 Å². The molecule has 1 aliphatic heterocycles. The van der Waals surface area contributed by atoms with E-state index in [2.05, 4.69) is 4.74 Å². The molecule has 0 spiro atoms. The van der Waals surface area contributed by atoms with Gasteiger partial charge in [0.25, 0.3) is 5.91 Å². The zero-order valence-corrected chi connectivity index (χ0v) is 20.7. The topological polar surface area (TPSA) is 65.1 Å². The third-order valence-corrected chi connectivity index (χ3v) is 6.88. The number of alkyl halides is 3. The van der Waals surface area contributed by atoms with Crippen molar-refractivity contribution in [3.63, 3.8) is 0 Å². The van der Waals surface area contributed by atoms with Gasteiger partial charge in [-0.25, -0.2) is 0 Å². The van der Waals surface area contributed by atoms with Crippen molar-refractivity contribution in [2.24, 2.45) is 0 Å². The average Bonchev–Trinajstić information content (AvgIpc) is 3.43. The molecule has 0 saturated heterocycles. The van der Waals surface area contributed by atoms with Crippen molar-refractivity contribution >= 4 is 17.6 Å². The van der Waals surface area contributed by atoms with Gasteiger partial charge in [0.1, 0.15) is 18.1 Å². The van der Waals surface area contributed by atoms with Crippen molar-refractivity contribution in [1.82, 2.24) is 0 Å². The van der Waals surface area contributed by atoms with Crippen molar-refractivity contribution in [3.05, 3.63) is 88.5 Å². The van der Waals surface area contributed by atoms with Crippen LogP contribution in [0.15, 0.2) is 60.7 Å². The van der Waals surface area contributed by atoms with Crippen LogP contribution in [0.5, 0.6) is 11.5 Å². The Morgan fingerprint density at radius 2 is 1.82 bits per heavy atom. The predicted molar refractivity (Wildman–Crippen MR) is 133 cm³/mol. The summed E-state index contributed by atoms with van der Waals surface area (Å²) in [7, 11) is 0. The third-order valence-electron chi connectivity index (χ3n) is 6.88. The van der Waals surface area contributed by atoms with E-state index in [-0.39, 0.29) is 36.7 Å². The first-order valence-electron chi connectivity index (χ1n) is 12.4. The summed E-state index contributed by atoms with van der Waals surface area (Å²) in [6.07, 6.45) is -2.64. The van der Waals surface area contributed by atoms with Crippen LogP contribution in [-0.2, 0) is 29.1 Å². The number of hydrogen-bond acceptors (Lipinski definition) is 5. The summed E-state index contributed by atoms with van der Waals surface area (Å²) in [4.78, 5) is 26.5. The molecular formula is C29H26F3NO5. The fourth-order valence-corrected chi connectivity index (χ4v) is 5.13. The standard InChI is InChI=1S/C29H26F3NO5/c1-2-36-27(34)15-19-7-6-18-14-23(12-13-24(18)19)37-17-20-4-3-5-25-26(20)16-33(28(25)35)21-8-10-22(11-9-21)38-29(30,31)32/h3-5,8-14,19H,2,6-7,15-17H2,1H3. The molecule has 3 aromatic carbocycles. The fraction of sp³-hybridized carbons (Fsp3) is 0.310. The molecule has 0 bridgehead atoms. The van der Waals surface area contributed by atoms with Crippen LogP contribution in [0.1, 0.15) is 58.3 Å². The molecule has 2 aliphatic rings. The number of amides is 1. The summed E-state index contributed by atoms with van der Waals surface area (Å²) in [5, 5.41) is 0. The van der Waals surface area contributed by atoms with Gasteiger partial charge >= 0.3 is 12.3 Å². The fourth-order valence-electron chi connectivity index (χ4n) is 5.13. The molecule has 1 aliphatic carbocycles. The number of hydrogen-bond donors (Lipinski definition) is 0. The van der Waals surface area contributed by atoms with Gasteiger partial charge in [-0.2, -0.15) is 0 Å². The largest absolute Gasteiger partial charge is 0.573 e. The van der Waals surface area contributed by atoms with Gasteiger partial charge in [0.2, 0.25) is 0 Å².